The van der Waals surface area contributed by atoms with Crippen LogP contribution in [0.1, 0.15) is 32.3 Å². The number of hydrogen-bond donors (Lipinski definition) is 1. The average Bonchev–Trinajstić information content (AvgIpc) is 2.41. The van der Waals surface area contributed by atoms with Crippen LogP contribution in [0.25, 0.3) is 0 Å². The van der Waals surface area contributed by atoms with Gasteiger partial charge in [-0.15, -0.1) is 0 Å². The molecule has 20 heavy (non-hydrogen) atoms. The summed E-state index contributed by atoms with van der Waals surface area (Å²) in [6.07, 6.45) is 2.47. The Morgan fingerprint density at radius 1 is 1.35 bits per heavy atom. The summed E-state index contributed by atoms with van der Waals surface area (Å²) in [5, 5.41) is 4.22. The predicted octanol–water partition coefficient (Wildman–Crippen LogP) is 2.87. The molecule has 1 aliphatic rings. The van der Waals surface area contributed by atoms with Crippen LogP contribution in [-0.2, 0) is 11.2 Å². The summed E-state index contributed by atoms with van der Waals surface area (Å²) >= 11 is 6.11. The zero-order chi connectivity index (χ0) is 14.5. The largest absolute Gasteiger partial charge is 0.342 e. The Kier molecular flexibility index (Phi) is 5.44. The summed E-state index contributed by atoms with van der Waals surface area (Å²) in [7, 11) is 0. The Hall–Kier alpha value is -1.06. The average molecular weight is 295 g/mol. The summed E-state index contributed by atoms with van der Waals surface area (Å²) < 4.78 is 0. The lowest BCUT2D eigenvalue weighted by atomic mass is 10.0. The molecule has 0 atom stereocenters. The van der Waals surface area contributed by atoms with Crippen molar-refractivity contribution in [3.63, 3.8) is 0 Å². The van der Waals surface area contributed by atoms with Crippen LogP contribution in [0.4, 0.5) is 0 Å². The molecule has 1 heterocycles. The predicted molar refractivity (Wildman–Crippen MR) is 83.0 cm³/mol. The van der Waals surface area contributed by atoms with Gasteiger partial charge in [0.25, 0.3) is 0 Å². The Bertz CT molecular complexity index is 454. The third kappa shape index (κ3) is 4.22. The van der Waals surface area contributed by atoms with Gasteiger partial charge in [0.05, 0.1) is 6.42 Å². The van der Waals surface area contributed by atoms with Gasteiger partial charge in [0.2, 0.25) is 5.91 Å². The Labute approximate surface area is 126 Å². The lowest BCUT2D eigenvalue weighted by Gasteiger charge is -2.33. The van der Waals surface area contributed by atoms with E-state index >= 15 is 0 Å². The van der Waals surface area contributed by atoms with Gasteiger partial charge in [0.1, 0.15) is 0 Å². The van der Waals surface area contributed by atoms with Gasteiger partial charge < -0.3 is 10.2 Å². The maximum absolute atomic E-state index is 12.3. The smallest absolute Gasteiger partial charge is 0.227 e. The second kappa shape index (κ2) is 7.09. The Morgan fingerprint density at radius 2 is 2.00 bits per heavy atom. The number of hydrogen-bond acceptors (Lipinski definition) is 2. The monoisotopic (exact) mass is 294 g/mol. The van der Waals surface area contributed by atoms with Crippen LogP contribution in [0.5, 0.6) is 0 Å². The van der Waals surface area contributed by atoms with Crippen LogP contribution >= 0.6 is 11.6 Å². The second-order valence-electron chi connectivity index (χ2n) is 5.74. The summed E-state index contributed by atoms with van der Waals surface area (Å²) in [5.74, 6) is 0.182. The van der Waals surface area contributed by atoms with E-state index in [9.17, 15) is 4.79 Å². The van der Waals surface area contributed by atoms with Gasteiger partial charge in [-0.05, 0) is 24.5 Å². The molecule has 1 aromatic carbocycles. The van der Waals surface area contributed by atoms with Gasteiger partial charge in [-0.1, -0.05) is 43.6 Å². The van der Waals surface area contributed by atoms with Crippen molar-refractivity contribution in [2.45, 2.75) is 45.2 Å². The van der Waals surface area contributed by atoms with E-state index in [-0.39, 0.29) is 5.91 Å². The summed E-state index contributed by atoms with van der Waals surface area (Å²) in [4.78, 5) is 14.3. The number of amides is 1. The molecule has 2 rings (SSSR count). The quantitative estimate of drug-likeness (QED) is 0.926. The number of likely N-dealkylation sites (tertiary alicyclic amines) is 1. The zero-order valence-electron chi connectivity index (χ0n) is 12.2. The van der Waals surface area contributed by atoms with Crippen LogP contribution in [0.3, 0.4) is 0 Å². The second-order valence-corrected chi connectivity index (χ2v) is 6.15. The van der Waals surface area contributed by atoms with E-state index in [1.54, 1.807) is 0 Å². The molecule has 0 saturated carbocycles. The van der Waals surface area contributed by atoms with Crippen molar-refractivity contribution in [1.29, 1.82) is 0 Å². The van der Waals surface area contributed by atoms with Crippen molar-refractivity contribution in [2.24, 2.45) is 0 Å². The number of nitrogens with zero attached hydrogens (tertiary/aromatic N) is 1. The number of halogens is 1. The number of carbonyl (C=O) groups is 1. The molecule has 0 bridgehead atoms. The van der Waals surface area contributed by atoms with Gasteiger partial charge in [-0.25, -0.2) is 0 Å². The molecule has 110 valence electrons. The molecule has 1 aliphatic heterocycles. The van der Waals surface area contributed by atoms with E-state index < -0.39 is 0 Å². The summed E-state index contributed by atoms with van der Waals surface area (Å²) in [6.45, 7) is 6.01. The highest BCUT2D eigenvalue weighted by molar-refractivity contribution is 6.31. The van der Waals surface area contributed by atoms with Crippen molar-refractivity contribution < 1.29 is 4.79 Å². The molecule has 3 nitrogen and oxygen atoms in total. The molecule has 0 aliphatic carbocycles. The fourth-order valence-corrected chi connectivity index (χ4v) is 2.89. The van der Waals surface area contributed by atoms with E-state index in [0.717, 1.165) is 31.5 Å². The minimum absolute atomic E-state index is 0.182. The minimum atomic E-state index is 0.182. The van der Waals surface area contributed by atoms with Gasteiger partial charge in [0.15, 0.2) is 0 Å². The molecule has 0 aromatic heterocycles. The molecule has 4 heteroatoms. The molecular formula is C16H23ClN2O. The van der Waals surface area contributed by atoms with E-state index in [2.05, 4.69) is 19.2 Å². The number of carbonyl (C=O) groups excluding carboxylic acids is 1. The van der Waals surface area contributed by atoms with Crippen molar-refractivity contribution >= 4 is 17.5 Å². The highest BCUT2D eigenvalue weighted by Crippen LogP contribution is 2.18. The Balaban J connectivity index is 1.85. The first-order chi connectivity index (χ1) is 9.56. The van der Waals surface area contributed by atoms with E-state index in [1.165, 1.54) is 0 Å². The lowest BCUT2D eigenvalue weighted by Crippen LogP contribution is -2.47. The molecule has 1 N–H and O–H groups in total. The van der Waals surface area contributed by atoms with Crippen LogP contribution in [0, 0.1) is 0 Å². The van der Waals surface area contributed by atoms with Crippen LogP contribution in [-0.4, -0.2) is 36.0 Å². The lowest BCUT2D eigenvalue weighted by molar-refractivity contribution is -0.131. The standard InChI is InChI=1S/C16H23ClN2O/c1-12(2)18-14-7-9-19(10-8-14)16(20)11-13-5-3-4-6-15(13)17/h3-6,12,14,18H,7-11H2,1-2H3. The topological polar surface area (TPSA) is 32.3 Å². The van der Waals surface area contributed by atoms with Gasteiger partial charge in [0, 0.05) is 30.2 Å². The number of piperidine rings is 1. The molecule has 1 aromatic rings. The first kappa shape index (κ1) is 15.3. The number of benzene rings is 1. The highest BCUT2D eigenvalue weighted by atomic mass is 35.5. The van der Waals surface area contributed by atoms with Crippen molar-refractivity contribution in [2.75, 3.05) is 13.1 Å². The Morgan fingerprint density at radius 3 is 2.60 bits per heavy atom. The maximum Gasteiger partial charge on any atom is 0.227 e. The minimum Gasteiger partial charge on any atom is -0.342 e. The van der Waals surface area contributed by atoms with Crippen LogP contribution in [0.2, 0.25) is 5.02 Å². The van der Waals surface area contributed by atoms with Crippen LogP contribution in [0.15, 0.2) is 24.3 Å². The highest BCUT2D eigenvalue weighted by Gasteiger charge is 2.23. The van der Waals surface area contributed by atoms with Gasteiger partial charge in [-0.3, -0.25) is 4.79 Å². The first-order valence-corrected chi connectivity index (χ1v) is 7.71. The van der Waals surface area contributed by atoms with Crippen molar-refractivity contribution in [1.82, 2.24) is 10.2 Å². The van der Waals surface area contributed by atoms with Gasteiger partial charge in [-0.2, -0.15) is 0 Å². The first-order valence-electron chi connectivity index (χ1n) is 7.33. The molecule has 1 fully saturated rings. The molecule has 0 radical (unpaired) electrons. The normalized spacial score (nSPS) is 16.7. The molecule has 0 spiro atoms. The third-order valence-corrected chi connectivity index (χ3v) is 4.08. The van der Waals surface area contributed by atoms with Crippen LogP contribution < -0.4 is 5.32 Å². The summed E-state index contributed by atoms with van der Waals surface area (Å²) in [6, 6.07) is 8.62. The number of nitrogens with one attached hydrogen (secondary N) is 1. The SMILES string of the molecule is CC(C)NC1CCN(C(=O)Cc2ccccc2Cl)CC1. The van der Waals surface area contributed by atoms with Crippen molar-refractivity contribution in [3.05, 3.63) is 34.9 Å². The third-order valence-electron chi connectivity index (χ3n) is 3.72. The maximum atomic E-state index is 12.3. The molecule has 1 saturated heterocycles. The van der Waals surface area contributed by atoms with Crippen molar-refractivity contribution in [3.8, 4) is 0 Å². The van der Waals surface area contributed by atoms with E-state index in [1.807, 2.05) is 29.2 Å². The fourth-order valence-electron chi connectivity index (χ4n) is 2.68. The molecule has 1 amide bonds. The van der Waals surface area contributed by atoms with E-state index in [4.69, 9.17) is 11.6 Å². The molecular weight excluding hydrogens is 272 g/mol. The number of rotatable bonds is 4. The fraction of sp³-hybridized carbons (Fsp3) is 0.562. The van der Waals surface area contributed by atoms with Gasteiger partial charge >= 0.3 is 0 Å². The zero-order valence-corrected chi connectivity index (χ0v) is 13.0. The summed E-state index contributed by atoms with van der Waals surface area (Å²) in [5.41, 5.74) is 0.918. The van der Waals surface area contributed by atoms with E-state index in [0.29, 0.717) is 23.5 Å². The molecule has 0 unspecified atom stereocenters.